The molecule has 0 unspecified atom stereocenters. The Morgan fingerprint density at radius 2 is 1.54 bits per heavy atom. The minimum Gasteiger partial charge on any atom is -0.297 e. The lowest BCUT2D eigenvalue weighted by molar-refractivity contribution is 1.10. The van der Waals surface area contributed by atoms with Crippen molar-refractivity contribution in [3.63, 3.8) is 0 Å². The highest BCUT2D eigenvalue weighted by Gasteiger charge is 1.93. The zero-order valence-electron chi connectivity index (χ0n) is 6.61. The second kappa shape index (κ2) is 3.85. The van der Waals surface area contributed by atoms with Crippen LogP contribution in [0.3, 0.4) is 0 Å². The largest absolute Gasteiger partial charge is 0.297 e. The number of aromatic amines is 2. The van der Waals surface area contributed by atoms with E-state index in [1.807, 2.05) is 12.1 Å². The molecule has 2 heterocycles. The fourth-order valence-electron chi connectivity index (χ4n) is 0.761. The molecule has 6 nitrogen and oxygen atoms in total. The lowest BCUT2D eigenvalue weighted by Gasteiger charge is -2.01. The maximum Gasteiger partial charge on any atom is 0.132 e. The van der Waals surface area contributed by atoms with Crippen molar-refractivity contribution in [2.24, 2.45) is 0 Å². The Kier molecular flexibility index (Phi) is 2.37. The summed E-state index contributed by atoms with van der Waals surface area (Å²) in [6, 6.07) is 3.67. The third kappa shape index (κ3) is 2.15. The third-order valence-corrected chi connectivity index (χ3v) is 1.97. The molecule has 0 saturated carbocycles. The average molecular weight is 196 g/mol. The Hall–Kier alpha value is -1.63. The Morgan fingerprint density at radius 1 is 1.00 bits per heavy atom. The van der Waals surface area contributed by atoms with Crippen LogP contribution < -0.4 is 9.44 Å². The van der Waals surface area contributed by atoms with Crippen molar-refractivity contribution in [2.75, 3.05) is 9.44 Å². The zero-order valence-corrected chi connectivity index (χ0v) is 7.43. The summed E-state index contributed by atoms with van der Waals surface area (Å²) < 4.78 is 6.01. The highest BCUT2D eigenvalue weighted by atomic mass is 32.2. The van der Waals surface area contributed by atoms with Crippen LogP contribution in [0.25, 0.3) is 0 Å². The zero-order chi connectivity index (χ0) is 8.93. The number of hydrogen-bond donors (Lipinski definition) is 4. The van der Waals surface area contributed by atoms with Crippen molar-refractivity contribution in [1.82, 2.24) is 20.4 Å². The number of nitrogens with one attached hydrogen (secondary N) is 4. The second-order valence-corrected chi connectivity index (χ2v) is 2.86. The van der Waals surface area contributed by atoms with Gasteiger partial charge in [-0.3, -0.25) is 19.6 Å². The molecule has 0 aliphatic rings. The summed E-state index contributed by atoms with van der Waals surface area (Å²) in [6.07, 6.45) is 3.36. The van der Waals surface area contributed by atoms with E-state index in [0.29, 0.717) is 0 Å². The number of aromatic nitrogens is 4. The van der Waals surface area contributed by atoms with E-state index in [2.05, 4.69) is 29.8 Å². The first-order valence-electron chi connectivity index (χ1n) is 3.62. The molecule has 0 radical (unpaired) electrons. The van der Waals surface area contributed by atoms with E-state index in [1.165, 1.54) is 12.1 Å². The van der Waals surface area contributed by atoms with E-state index in [9.17, 15) is 0 Å². The number of H-pyrrole nitrogens is 2. The fraction of sp³-hybridized carbons (Fsp3) is 0. The van der Waals surface area contributed by atoms with Crippen molar-refractivity contribution in [2.45, 2.75) is 0 Å². The Labute approximate surface area is 78.8 Å². The first kappa shape index (κ1) is 7.99. The molecule has 0 saturated heterocycles. The molecular formula is C6H8N6S. The van der Waals surface area contributed by atoms with Gasteiger partial charge in [0.1, 0.15) is 11.6 Å². The van der Waals surface area contributed by atoms with E-state index in [1.54, 1.807) is 12.4 Å². The molecular weight excluding hydrogens is 188 g/mol. The highest BCUT2D eigenvalue weighted by molar-refractivity contribution is 8.01. The Balaban J connectivity index is 1.76. The predicted octanol–water partition coefficient (Wildman–Crippen LogP) is 1.22. The normalized spacial score (nSPS) is 9.85. The van der Waals surface area contributed by atoms with Gasteiger partial charge in [0, 0.05) is 12.1 Å². The molecule has 0 aromatic carbocycles. The van der Waals surface area contributed by atoms with E-state index < -0.39 is 0 Å². The van der Waals surface area contributed by atoms with Gasteiger partial charge < -0.3 is 0 Å². The minimum absolute atomic E-state index is 0.844. The molecule has 0 bridgehead atoms. The van der Waals surface area contributed by atoms with Crippen LogP contribution in [0.15, 0.2) is 24.5 Å². The number of hydrogen-bond acceptors (Lipinski definition) is 5. The van der Waals surface area contributed by atoms with Gasteiger partial charge in [-0.25, -0.2) is 0 Å². The van der Waals surface area contributed by atoms with Crippen LogP contribution >= 0.6 is 12.1 Å². The third-order valence-electron chi connectivity index (χ3n) is 1.32. The van der Waals surface area contributed by atoms with Gasteiger partial charge in [0.2, 0.25) is 0 Å². The molecule has 0 fully saturated rings. The van der Waals surface area contributed by atoms with Crippen molar-refractivity contribution < 1.29 is 0 Å². The summed E-state index contributed by atoms with van der Waals surface area (Å²) >= 11 is 1.33. The van der Waals surface area contributed by atoms with Gasteiger partial charge in [-0.2, -0.15) is 10.2 Å². The summed E-state index contributed by atoms with van der Waals surface area (Å²) in [7, 11) is 0. The Morgan fingerprint density at radius 3 is 1.92 bits per heavy atom. The molecule has 68 valence electrons. The van der Waals surface area contributed by atoms with Crippen molar-refractivity contribution >= 4 is 23.8 Å². The summed E-state index contributed by atoms with van der Waals surface area (Å²) in [4.78, 5) is 0. The number of rotatable bonds is 4. The first-order valence-corrected chi connectivity index (χ1v) is 4.43. The first-order chi connectivity index (χ1) is 6.45. The molecule has 2 aromatic heterocycles. The van der Waals surface area contributed by atoms with Crippen LogP contribution in [0.2, 0.25) is 0 Å². The van der Waals surface area contributed by atoms with Crippen LogP contribution in [-0.2, 0) is 0 Å². The topological polar surface area (TPSA) is 81.4 Å². The van der Waals surface area contributed by atoms with Gasteiger partial charge in [0.05, 0.1) is 24.5 Å². The molecule has 0 amide bonds. The van der Waals surface area contributed by atoms with Gasteiger partial charge >= 0.3 is 0 Å². The van der Waals surface area contributed by atoms with Crippen molar-refractivity contribution in [1.29, 1.82) is 0 Å². The molecule has 0 spiro atoms. The monoisotopic (exact) mass is 196 g/mol. The average Bonchev–Trinajstić information content (AvgIpc) is 2.75. The molecule has 13 heavy (non-hydrogen) atoms. The van der Waals surface area contributed by atoms with Crippen molar-refractivity contribution in [3.05, 3.63) is 24.5 Å². The Bertz CT molecular complexity index is 294. The van der Waals surface area contributed by atoms with Crippen molar-refractivity contribution in [3.8, 4) is 0 Å². The lowest BCUT2D eigenvalue weighted by atomic mass is 10.7. The smallest absolute Gasteiger partial charge is 0.132 e. The minimum atomic E-state index is 0.844. The number of anilines is 2. The van der Waals surface area contributed by atoms with E-state index in [-0.39, 0.29) is 0 Å². The summed E-state index contributed by atoms with van der Waals surface area (Å²) in [5.41, 5.74) is 0. The van der Waals surface area contributed by atoms with Gasteiger partial charge in [0.25, 0.3) is 0 Å². The fourth-order valence-corrected chi connectivity index (χ4v) is 1.26. The highest BCUT2D eigenvalue weighted by Crippen LogP contribution is 2.10. The molecule has 7 heteroatoms. The standard InChI is InChI=1S/C6H8N6S/c1-3-7-9-5(1)11-13-12-6-2-4-8-10-6/h1-4H,(H2,7,9,11)(H2,8,10,12). The quantitative estimate of drug-likeness (QED) is 0.553. The van der Waals surface area contributed by atoms with Gasteiger partial charge in [-0.05, 0) is 0 Å². The molecule has 2 aromatic rings. The van der Waals surface area contributed by atoms with Crippen LogP contribution in [0.5, 0.6) is 0 Å². The second-order valence-electron chi connectivity index (χ2n) is 2.25. The van der Waals surface area contributed by atoms with Gasteiger partial charge in [0.15, 0.2) is 0 Å². The van der Waals surface area contributed by atoms with Gasteiger partial charge in [-0.15, -0.1) is 0 Å². The summed E-state index contributed by atoms with van der Waals surface area (Å²) in [5, 5.41) is 13.1. The van der Waals surface area contributed by atoms with E-state index >= 15 is 0 Å². The predicted molar refractivity (Wildman–Crippen MR) is 52.0 cm³/mol. The maximum absolute atomic E-state index is 3.79. The van der Waals surface area contributed by atoms with Crippen LogP contribution in [-0.4, -0.2) is 20.4 Å². The molecule has 0 atom stereocenters. The lowest BCUT2D eigenvalue weighted by Crippen LogP contribution is -1.94. The molecule has 2 rings (SSSR count). The number of nitrogens with zero attached hydrogens (tertiary/aromatic N) is 2. The van der Waals surface area contributed by atoms with Crippen LogP contribution in [0, 0.1) is 0 Å². The molecule has 4 N–H and O–H groups in total. The SMILES string of the molecule is c1cc(NSNc2ccn[nH]2)[nH]n1. The van der Waals surface area contributed by atoms with Crippen LogP contribution in [0.4, 0.5) is 11.6 Å². The maximum atomic E-state index is 3.79. The van der Waals surface area contributed by atoms with E-state index in [4.69, 9.17) is 0 Å². The van der Waals surface area contributed by atoms with E-state index in [0.717, 1.165) is 11.6 Å². The van der Waals surface area contributed by atoms with Crippen LogP contribution in [0.1, 0.15) is 0 Å². The molecule has 0 aliphatic heterocycles. The van der Waals surface area contributed by atoms with Gasteiger partial charge in [-0.1, -0.05) is 0 Å². The summed E-state index contributed by atoms with van der Waals surface area (Å²) in [6.45, 7) is 0. The molecule has 0 aliphatic carbocycles. The summed E-state index contributed by atoms with van der Waals surface area (Å²) in [5.74, 6) is 1.69.